The highest BCUT2D eigenvalue weighted by Gasteiger charge is 2.21. The van der Waals surface area contributed by atoms with E-state index in [1.807, 2.05) is 0 Å². The summed E-state index contributed by atoms with van der Waals surface area (Å²) in [7, 11) is 1.64. The molecule has 1 aliphatic rings. The topological polar surface area (TPSA) is 111 Å². The third kappa shape index (κ3) is 3.94. The van der Waals surface area contributed by atoms with E-state index in [1.54, 1.807) is 13.1 Å². The summed E-state index contributed by atoms with van der Waals surface area (Å²) in [6.45, 7) is 2.06. The molecule has 0 spiro atoms. The van der Waals surface area contributed by atoms with Gasteiger partial charge in [-0.3, -0.25) is 9.59 Å². The van der Waals surface area contributed by atoms with E-state index in [1.165, 1.54) is 21.8 Å². The molecule has 2 aromatic heterocycles. The van der Waals surface area contributed by atoms with E-state index in [4.69, 9.17) is 0 Å². The Bertz CT molecular complexity index is 733. The molecule has 24 heavy (non-hydrogen) atoms. The highest BCUT2D eigenvalue weighted by Crippen LogP contribution is 2.16. The zero-order valence-corrected chi connectivity index (χ0v) is 13.5. The third-order valence-electron chi connectivity index (χ3n) is 4.09. The van der Waals surface area contributed by atoms with Gasteiger partial charge in [0.25, 0.3) is 5.56 Å². The molecule has 10 heteroatoms. The van der Waals surface area contributed by atoms with Crippen LogP contribution in [0.15, 0.2) is 23.3 Å². The molecule has 1 fully saturated rings. The summed E-state index contributed by atoms with van der Waals surface area (Å²) in [6.07, 6.45) is 3.54. The number of anilines is 1. The summed E-state index contributed by atoms with van der Waals surface area (Å²) in [5.74, 6) is 0.796. The molecule has 3 heterocycles. The molecule has 1 amide bonds. The molecular formula is C14H20N8O2. The van der Waals surface area contributed by atoms with Crippen molar-refractivity contribution in [3.8, 4) is 0 Å². The fourth-order valence-corrected chi connectivity index (χ4v) is 2.71. The standard InChI is InChI=1S/C14H20N8O2/c1-20-14(24)3-2-12(17-20)21-7-4-11(5-8-21)16-13(23)6-9-22-10-15-18-19-22/h2-3,10-11H,4-9H2,1H3,(H,16,23). The van der Waals surface area contributed by atoms with E-state index < -0.39 is 0 Å². The van der Waals surface area contributed by atoms with Crippen LogP contribution in [0, 0.1) is 0 Å². The number of piperidine rings is 1. The van der Waals surface area contributed by atoms with Gasteiger partial charge in [-0.05, 0) is 29.3 Å². The lowest BCUT2D eigenvalue weighted by Gasteiger charge is -2.33. The molecule has 1 aliphatic heterocycles. The summed E-state index contributed by atoms with van der Waals surface area (Å²) < 4.78 is 2.87. The number of nitrogens with zero attached hydrogens (tertiary/aromatic N) is 7. The van der Waals surface area contributed by atoms with Gasteiger partial charge < -0.3 is 10.2 Å². The minimum atomic E-state index is -0.122. The lowest BCUT2D eigenvalue weighted by molar-refractivity contribution is -0.122. The van der Waals surface area contributed by atoms with Crippen LogP contribution in [-0.2, 0) is 18.4 Å². The fourth-order valence-electron chi connectivity index (χ4n) is 2.71. The molecule has 0 unspecified atom stereocenters. The third-order valence-corrected chi connectivity index (χ3v) is 4.09. The van der Waals surface area contributed by atoms with E-state index in [0.717, 1.165) is 31.7 Å². The van der Waals surface area contributed by atoms with Crippen molar-refractivity contribution in [2.24, 2.45) is 7.05 Å². The van der Waals surface area contributed by atoms with Gasteiger partial charge in [-0.1, -0.05) is 0 Å². The van der Waals surface area contributed by atoms with Crippen LogP contribution in [0.3, 0.4) is 0 Å². The molecule has 0 aromatic carbocycles. The Hall–Kier alpha value is -2.78. The Morgan fingerprint density at radius 3 is 2.79 bits per heavy atom. The van der Waals surface area contributed by atoms with Crippen molar-refractivity contribution >= 4 is 11.7 Å². The highest BCUT2D eigenvalue weighted by atomic mass is 16.1. The molecule has 0 radical (unpaired) electrons. The SMILES string of the molecule is Cn1nc(N2CCC(NC(=O)CCn3cnnn3)CC2)ccc1=O. The monoisotopic (exact) mass is 332 g/mol. The number of aryl methyl sites for hydroxylation is 2. The number of rotatable bonds is 5. The lowest BCUT2D eigenvalue weighted by Crippen LogP contribution is -2.45. The maximum atomic E-state index is 12.0. The first-order valence-electron chi connectivity index (χ1n) is 7.91. The summed E-state index contributed by atoms with van der Waals surface area (Å²) in [6, 6.07) is 3.43. The molecule has 0 atom stereocenters. The van der Waals surface area contributed by atoms with Crippen LogP contribution < -0.4 is 15.8 Å². The van der Waals surface area contributed by atoms with Crippen LogP contribution >= 0.6 is 0 Å². The zero-order chi connectivity index (χ0) is 16.9. The fraction of sp³-hybridized carbons (Fsp3) is 0.571. The number of amides is 1. The summed E-state index contributed by atoms with van der Waals surface area (Å²) >= 11 is 0. The van der Waals surface area contributed by atoms with Gasteiger partial charge in [-0.15, -0.1) is 5.10 Å². The number of aromatic nitrogens is 6. The predicted octanol–water partition coefficient (Wildman–Crippen LogP) is -1.06. The van der Waals surface area contributed by atoms with E-state index in [2.05, 4.69) is 30.8 Å². The lowest BCUT2D eigenvalue weighted by atomic mass is 10.0. The zero-order valence-electron chi connectivity index (χ0n) is 13.5. The second kappa shape index (κ2) is 7.20. The highest BCUT2D eigenvalue weighted by molar-refractivity contribution is 5.76. The predicted molar refractivity (Wildman–Crippen MR) is 85.3 cm³/mol. The molecule has 0 saturated carbocycles. The van der Waals surface area contributed by atoms with E-state index in [0.29, 0.717) is 13.0 Å². The minimum absolute atomic E-state index is 0.00387. The molecule has 0 bridgehead atoms. The molecule has 128 valence electrons. The largest absolute Gasteiger partial charge is 0.355 e. The molecule has 3 rings (SSSR count). The van der Waals surface area contributed by atoms with Crippen LogP contribution in [0.25, 0.3) is 0 Å². The number of hydrogen-bond acceptors (Lipinski definition) is 7. The van der Waals surface area contributed by atoms with Gasteiger partial charge in [-0.2, -0.15) is 5.10 Å². The van der Waals surface area contributed by atoms with Crippen molar-refractivity contribution in [1.82, 2.24) is 35.3 Å². The van der Waals surface area contributed by atoms with Crippen LogP contribution in [-0.4, -0.2) is 55.0 Å². The average Bonchev–Trinajstić information content (AvgIpc) is 3.10. The number of nitrogens with one attached hydrogen (secondary N) is 1. The smallest absolute Gasteiger partial charge is 0.266 e. The molecule has 1 saturated heterocycles. The Morgan fingerprint density at radius 1 is 1.33 bits per heavy atom. The summed E-state index contributed by atoms with van der Waals surface area (Å²) in [5.41, 5.74) is -0.122. The van der Waals surface area contributed by atoms with Crippen molar-refractivity contribution in [1.29, 1.82) is 0 Å². The minimum Gasteiger partial charge on any atom is -0.355 e. The molecule has 2 aromatic rings. The number of carbonyl (C=O) groups excluding carboxylic acids is 1. The number of carbonyl (C=O) groups is 1. The first kappa shape index (κ1) is 16.1. The molecule has 10 nitrogen and oxygen atoms in total. The first-order valence-corrected chi connectivity index (χ1v) is 7.91. The average molecular weight is 332 g/mol. The second-order valence-electron chi connectivity index (χ2n) is 5.81. The van der Waals surface area contributed by atoms with Crippen LogP contribution in [0.4, 0.5) is 5.82 Å². The van der Waals surface area contributed by atoms with E-state index in [9.17, 15) is 9.59 Å². The first-order chi connectivity index (χ1) is 11.6. The normalized spacial score (nSPS) is 15.5. The van der Waals surface area contributed by atoms with E-state index >= 15 is 0 Å². The summed E-state index contributed by atoms with van der Waals surface area (Å²) in [5, 5.41) is 18.1. The number of tetrazole rings is 1. The number of hydrogen-bond donors (Lipinski definition) is 1. The van der Waals surface area contributed by atoms with Gasteiger partial charge in [0.15, 0.2) is 0 Å². The van der Waals surface area contributed by atoms with Crippen LogP contribution in [0.5, 0.6) is 0 Å². The quantitative estimate of drug-likeness (QED) is 0.743. The van der Waals surface area contributed by atoms with Gasteiger partial charge >= 0.3 is 0 Å². The van der Waals surface area contributed by atoms with Gasteiger partial charge in [-0.25, -0.2) is 9.36 Å². The Morgan fingerprint density at radius 2 is 2.12 bits per heavy atom. The van der Waals surface area contributed by atoms with Gasteiger partial charge in [0.05, 0.1) is 6.54 Å². The maximum absolute atomic E-state index is 12.0. The Balaban J connectivity index is 1.45. The van der Waals surface area contributed by atoms with E-state index in [-0.39, 0.29) is 17.5 Å². The Labute approximate surface area is 138 Å². The molecular weight excluding hydrogens is 312 g/mol. The molecule has 0 aliphatic carbocycles. The van der Waals surface area contributed by atoms with Crippen LogP contribution in [0.1, 0.15) is 19.3 Å². The molecule has 1 N–H and O–H groups in total. The maximum Gasteiger partial charge on any atom is 0.266 e. The van der Waals surface area contributed by atoms with Crippen LogP contribution in [0.2, 0.25) is 0 Å². The van der Waals surface area contributed by atoms with Gasteiger partial charge in [0.1, 0.15) is 12.1 Å². The van der Waals surface area contributed by atoms with Crippen molar-refractivity contribution in [3.63, 3.8) is 0 Å². The van der Waals surface area contributed by atoms with Crippen molar-refractivity contribution in [2.45, 2.75) is 31.8 Å². The van der Waals surface area contributed by atoms with Gasteiger partial charge in [0, 0.05) is 38.7 Å². The summed E-state index contributed by atoms with van der Waals surface area (Å²) in [4.78, 5) is 25.5. The van der Waals surface area contributed by atoms with Crippen molar-refractivity contribution < 1.29 is 4.79 Å². The van der Waals surface area contributed by atoms with Crippen molar-refractivity contribution in [3.05, 3.63) is 28.8 Å². The Kier molecular flexibility index (Phi) is 4.82. The van der Waals surface area contributed by atoms with Crippen molar-refractivity contribution in [2.75, 3.05) is 18.0 Å². The van der Waals surface area contributed by atoms with Gasteiger partial charge in [0.2, 0.25) is 5.91 Å². The second-order valence-corrected chi connectivity index (χ2v) is 5.81.